The molecule has 0 aliphatic heterocycles. The molecule has 14 heavy (non-hydrogen) atoms. The van der Waals surface area contributed by atoms with Crippen molar-refractivity contribution in [3.8, 4) is 0 Å². The average Bonchev–Trinajstić information content (AvgIpc) is 1.98. The largest absolute Gasteiger partial charge is 0.390 e. The molecular weight excluding hydrogens is 178 g/mol. The predicted molar refractivity (Wildman–Crippen MR) is 59.5 cm³/mol. The Morgan fingerprint density at radius 3 is 2.14 bits per heavy atom. The number of hydrogen-bond acceptors (Lipinski definition) is 3. The Hall–Kier alpha value is -0.120. The fraction of sp³-hybridized carbons (Fsp3) is 1.00. The first-order valence-electron chi connectivity index (χ1n) is 5.28. The second-order valence-electron chi connectivity index (χ2n) is 5.02. The molecule has 0 aromatic carbocycles. The summed E-state index contributed by atoms with van der Waals surface area (Å²) in [5, 5.41) is 12.6. The molecule has 0 aromatic rings. The maximum atomic E-state index is 9.50. The van der Waals surface area contributed by atoms with Crippen molar-refractivity contribution < 1.29 is 9.84 Å². The van der Waals surface area contributed by atoms with Gasteiger partial charge in [-0.3, -0.25) is 0 Å². The van der Waals surface area contributed by atoms with Crippen molar-refractivity contribution in [1.82, 2.24) is 5.32 Å². The van der Waals surface area contributed by atoms with Crippen molar-refractivity contribution >= 4 is 0 Å². The highest BCUT2D eigenvalue weighted by molar-refractivity contribution is 4.71. The second kappa shape index (κ2) is 5.69. The molecule has 2 N–H and O–H groups in total. The smallest absolute Gasteiger partial charge is 0.0638 e. The minimum Gasteiger partial charge on any atom is -0.390 e. The summed E-state index contributed by atoms with van der Waals surface area (Å²) in [6, 6.07) is 0. The van der Waals surface area contributed by atoms with E-state index in [-0.39, 0.29) is 5.60 Å². The number of rotatable bonds is 7. The van der Waals surface area contributed by atoms with Gasteiger partial charge < -0.3 is 15.2 Å². The molecule has 0 spiro atoms. The molecule has 0 heterocycles. The molecule has 0 amide bonds. The molecule has 0 rings (SSSR count). The first-order chi connectivity index (χ1) is 6.27. The molecule has 0 aliphatic carbocycles. The van der Waals surface area contributed by atoms with Crippen LogP contribution < -0.4 is 5.32 Å². The van der Waals surface area contributed by atoms with E-state index in [0.29, 0.717) is 13.0 Å². The van der Waals surface area contributed by atoms with E-state index in [2.05, 4.69) is 19.2 Å². The molecule has 0 radical (unpaired) electrons. The van der Waals surface area contributed by atoms with Crippen LogP contribution in [0.15, 0.2) is 0 Å². The van der Waals surface area contributed by atoms with Gasteiger partial charge in [0.2, 0.25) is 0 Å². The lowest BCUT2D eigenvalue weighted by molar-refractivity contribution is -0.0493. The van der Waals surface area contributed by atoms with E-state index < -0.39 is 5.60 Å². The molecule has 0 aromatic heterocycles. The van der Waals surface area contributed by atoms with Crippen molar-refractivity contribution in [1.29, 1.82) is 0 Å². The lowest BCUT2D eigenvalue weighted by Crippen LogP contribution is -2.31. The Morgan fingerprint density at radius 1 is 1.14 bits per heavy atom. The van der Waals surface area contributed by atoms with Crippen molar-refractivity contribution in [2.45, 2.75) is 51.7 Å². The zero-order valence-corrected chi connectivity index (χ0v) is 10.2. The van der Waals surface area contributed by atoms with Gasteiger partial charge in [0, 0.05) is 0 Å². The fourth-order valence-electron chi connectivity index (χ4n) is 1.08. The van der Waals surface area contributed by atoms with Crippen molar-refractivity contribution in [3.63, 3.8) is 0 Å². The SMILES string of the molecule is CNCCC(C)(C)OCCC(C)(C)O. The van der Waals surface area contributed by atoms with Gasteiger partial charge in [-0.25, -0.2) is 0 Å². The van der Waals surface area contributed by atoms with E-state index in [0.717, 1.165) is 13.0 Å². The highest BCUT2D eigenvalue weighted by Gasteiger charge is 2.19. The minimum absolute atomic E-state index is 0.103. The number of ether oxygens (including phenoxy) is 1. The van der Waals surface area contributed by atoms with Crippen LogP contribution in [0, 0.1) is 0 Å². The monoisotopic (exact) mass is 203 g/mol. The minimum atomic E-state index is -0.626. The van der Waals surface area contributed by atoms with Crippen LogP contribution in [0.1, 0.15) is 40.5 Å². The summed E-state index contributed by atoms with van der Waals surface area (Å²) in [4.78, 5) is 0. The quantitative estimate of drug-likeness (QED) is 0.659. The summed E-state index contributed by atoms with van der Waals surface area (Å²) in [5.74, 6) is 0. The van der Waals surface area contributed by atoms with Crippen LogP contribution in [0.25, 0.3) is 0 Å². The average molecular weight is 203 g/mol. The highest BCUT2D eigenvalue weighted by atomic mass is 16.5. The lowest BCUT2D eigenvalue weighted by Gasteiger charge is -2.27. The molecular formula is C11H25NO2. The van der Waals surface area contributed by atoms with E-state index in [9.17, 15) is 5.11 Å². The molecule has 0 atom stereocenters. The van der Waals surface area contributed by atoms with Crippen molar-refractivity contribution in [2.24, 2.45) is 0 Å². The Bertz CT molecular complexity index is 150. The Morgan fingerprint density at radius 2 is 1.71 bits per heavy atom. The lowest BCUT2D eigenvalue weighted by atomic mass is 10.0. The van der Waals surface area contributed by atoms with Gasteiger partial charge in [-0.1, -0.05) is 0 Å². The zero-order valence-electron chi connectivity index (χ0n) is 10.2. The standard InChI is InChI=1S/C11H25NO2/c1-10(2,13)7-9-14-11(3,4)6-8-12-5/h12-13H,6-9H2,1-5H3. The number of aliphatic hydroxyl groups is 1. The first kappa shape index (κ1) is 13.9. The summed E-state index contributed by atoms with van der Waals surface area (Å²) in [6.45, 7) is 9.33. The topological polar surface area (TPSA) is 41.5 Å². The van der Waals surface area contributed by atoms with Gasteiger partial charge in [-0.05, 0) is 54.1 Å². The van der Waals surface area contributed by atoms with Crippen LogP contribution in [0.3, 0.4) is 0 Å². The van der Waals surface area contributed by atoms with E-state index in [1.165, 1.54) is 0 Å². The molecule has 0 unspecified atom stereocenters. The second-order valence-corrected chi connectivity index (χ2v) is 5.02. The van der Waals surface area contributed by atoms with Gasteiger partial charge in [-0.15, -0.1) is 0 Å². The van der Waals surface area contributed by atoms with Crippen LogP contribution in [-0.4, -0.2) is 36.5 Å². The maximum Gasteiger partial charge on any atom is 0.0638 e. The van der Waals surface area contributed by atoms with Gasteiger partial charge >= 0.3 is 0 Å². The summed E-state index contributed by atoms with van der Waals surface area (Å²) in [5.41, 5.74) is -0.729. The third-order valence-electron chi connectivity index (χ3n) is 2.18. The van der Waals surface area contributed by atoms with Crippen LogP contribution in [0.2, 0.25) is 0 Å². The summed E-state index contributed by atoms with van der Waals surface area (Å²) < 4.78 is 5.71. The van der Waals surface area contributed by atoms with Crippen LogP contribution in [0.5, 0.6) is 0 Å². The number of nitrogens with one attached hydrogen (secondary N) is 1. The van der Waals surface area contributed by atoms with E-state index in [4.69, 9.17) is 4.74 Å². The number of hydrogen-bond donors (Lipinski definition) is 2. The highest BCUT2D eigenvalue weighted by Crippen LogP contribution is 2.16. The van der Waals surface area contributed by atoms with Crippen LogP contribution in [0.4, 0.5) is 0 Å². The van der Waals surface area contributed by atoms with Crippen molar-refractivity contribution in [3.05, 3.63) is 0 Å². The van der Waals surface area contributed by atoms with Crippen molar-refractivity contribution in [2.75, 3.05) is 20.2 Å². The normalized spacial score (nSPS) is 13.3. The van der Waals surface area contributed by atoms with Gasteiger partial charge in [0.05, 0.1) is 17.8 Å². The first-order valence-corrected chi connectivity index (χ1v) is 5.28. The van der Waals surface area contributed by atoms with Gasteiger partial charge in [0.1, 0.15) is 0 Å². The van der Waals surface area contributed by atoms with Crippen LogP contribution >= 0.6 is 0 Å². The third kappa shape index (κ3) is 8.48. The molecule has 0 aliphatic rings. The Balaban J connectivity index is 3.65. The van der Waals surface area contributed by atoms with E-state index in [1.807, 2.05) is 7.05 Å². The van der Waals surface area contributed by atoms with Gasteiger partial charge in [0.15, 0.2) is 0 Å². The predicted octanol–water partition coefficient (Wildman–Crippen LogP) is 1.55. The van der Waals surface area contributed by atoms with E-state index in [1.54, 1.807) is 13.8 Å². The van der Waals surface area contributed by atoms with Gasteiger partial charge in [-0.2, -0.15) is 0 Å². The summed E-state index contributed by atoms with van der Waals surface area (Å²) >= 11 is 0. The Kier molecular flexibility index (Phi) is 5.64. The summed E-state index contributed by atoms with van der Waals surface area (Å²) in [6.07, 6.45) is 1.66. The molecule has 3 heteroatoms. The summed E-state index contributed by atoms with van der Waals surface area (Å²) in [7, 11) is 1.94. The fourth-order valence-corrected chi connectivity index (χ4v) is 1.08. The molecule has 3 nitrogen and oxygen atoms in total. The van der Waals surface area contributed by atoms with Gasteiger partial charge in [0.25, 0.3) is 0 Å². The zero-order chi connectivity index (χ0) is 11.2. The third-order valence-corrected chi connectivity index (χ3v) is 2.18. The molecule has 0 bridgehead atoms. The molecule has 0 fully saturated rings. The molecule has 0 saturated heterocycles. The van der Waals surface area contributed by atoms with E-state index >= 15 is 0 Å². The molecule has 0 saturated carbocycles. The Labute approximate surface area is 87.8 Å². The van der Waals surface area contributed by atoms with Crippen LogP contribution in [-0.2, 0) is 4.74 Å². The molecule has 86 valence electrons. The maximum absolute atomic E-state index is 9.50.